The molecular weight excluding hydrogens is 440 g/mol. The maximum absolute atomic E-state index is 12.2. The van der Waals surface area contributed by atoms with E-state index < -0.39 is 0 Å². The lowest BCUT2D eigenvalue weighted by Crippen LogP contribution is -2.19. The highest BCUT2D eigenvalue weighted by atomic mass is 79.9. The molecule has 0 aromatic heterocycles. The monoisotopic (exact) mass is 452 g/mol. The molecular formula is C18H14BrClN2O3S. The van der Waals surface area contributed by atoms with Crippen molar-refractivity contribution in [3.8, 4) is 11.5 Å². The minimum Gasteiger partial charge on any atom is -0.503 e. The van der Waals surface area contributed by atoms with E-state index in [1.165, 1.54) is 11.8 Å². The maximum Gasteiger partial charge on any atom is 0.264 e. The molecule has 1 aliphatic heterocycles. The number of nitrogens with one attached hydrogen (secondary N) is 1. The summed E-state index contributed by atoms with van der Waals surface area (Å²) in [5.74, 6) is -0.0799. The first kappa shape index (κ1) is 18.8. The van der Waals surface area contributed by atoms with Crippen LogP contribution in [0.1, 0.15) is 12.5 Å². The number of carbonyl (C=O) groups excluding carboxylic acids is 1. The topological polar surface area (TPSA) is 70.9 Å². The Labute approximate surface area is 168 Å². The Bertz CT molecular complexity index is 913. The van der Waals surface area contributed by atoms with Crippen LogP contribution in [0.2, 0.25) is 5.02 Å². The van der Waals surface area contributed by atoms with Crippen LogP contribution in [-0.4, -0.2) is 22.8 Å². The third-order valence-electron chi connectivity index (χ3n) is 3.36. The molecule has 8 heteroatoms. The lowest BCUT2D eigenvalue weighted by atomic mass is 10.2. The van der Waals surface area contributed by atoms with E-state index in [0.29, 0.717) is 22.2 Å². The highest BCUT2D eigenvalue weighted by molar-refractivity contribution is 9.10. The number of phenols is 1. The van der Waals surface area contributed by atoms with Crippen LogP contribution in [0.5, 0.6) is 11.5 Å². The van der Waals surface area contributed by atoms with Crippen molar-refractivity contribution in [3.05, 3.63) is 56.4 Å². The number of phenolic OH excluding ortho intramolecular Hbond substituents is 1. The number of hydrogen-bond donors (Lipinski definition) is 2. The van der Waals surface area contributed by atoms with E-state index in [1.54, 1.807) is 18.2 Å². The number of thioether (sulfide) groups is 1. The SMILES string of the molecule is CCOc1cc(/C=C2/SC(=Nc3ccc(Br)cc3)NC2=O)cc(Cl)c1O. The second-order valence-electron chi connectivity index (χ2n) is 5.24. The average Bonchev–Trinajstić information content (AvgIpc) is 2.94. The number of carbonyl (C=O) groups is 1. The Morgan fingerprint density at radius 1 is 1.35 bits per heavy atom. The summed E-state index contributed by atoms with van der Waals surface area (Å²) in [4.78, 5) is 17.1. The molecule has 1 aliphatic rings. The Kier molecular flexibility index (Phi) is 5.90. The van der Waals surface area contributed by atoms with E-state index in [4.69, 9.17) is 16.3 Å². The van der Waals surface area contributed by atoms with Gasteiger partial charge in [-0.2, -0.15) is 0 Å². The minimum absolute atomic E-state index is 0.114. The second kappa shape index (κ2) is 8.16. The largest absolute Gasteiger partial charge is 0.503 e. The predicted octanol–water partition coefficient (Wildman–Crippen LogP) is 5.10. The van der Waals surface area contributed by atoms with Crippen LogP contribution in [0, 0.1) is 0 Å². The predicted molar refractivity (Wildman–Crippen MR) is 109 cm³/mol. The standard InChI is InChI=1S/C18H14BrClN2O3S/c1-2-25-14-8-10(7-13(20)16(14)23)9-15-17(24)22-18(26-15)21-12-5-3-11(19)4-6-12/h3-9,23H,2H2,1H3,(H,21,22,24)/b15-9+. The molecule has 2 aromatic carbocycles. The molecule has 2 aromatic rings. The molecule has 0 bridgehead atoms. The number of ether oxygens (including phenoxy) is 1. The zero-order valence-corrected chi connectivity index (χ0v) is 16.8. The molecule has 134 valence electrons. The van der Waals surface area contributed by atoms with Gasteiger partial charge in [0.05, 0.1) is 22.2 Å². The highest BCUT2D eigenvalue weighted by Crippen LogP contribution is 2.37. The van der Waals surface area contributed by atoms with Gasteiger partial charge in [-0.1, -0.05) is 27.5 Å². The van der Waals surface area contributed by atoms with Gasteiger partial charge in [0.25, 0.3) is 5.91 Å². The quantitative estimate of drug-likeness (QED) is 0.632. The summed E-state index contributed by atoms with van der Waals surface area (Å²) in [5.41, 5.74) is 1.39. The third-order valence-corrected chi connectivity index (χ3v) is 5.08. The summed E-state index contributed by atoms with van der Waals surface area (Å²) in [6, 6.07) is 10.7. The lowest BCUT2D eigenvalue weighted by molar-refractivity contribution is -0.115. The van der Waals surface area contributed by atoms with Crippen LogP contribution in [0.4, 0.5) is 5.69 Å². The van der Waals surface area contributed by atoms with Crippen LogP contribution >= 0.6 is 39.3 Å². The first-order chi connectivity index (χ1) is 12.5. The zero-order valence-electron chi connectivity index (χ0n) is 13.6. The molecule has 26 heavy (non-hydrogen) atoms. The number of rotatable bonds is 4. The van der Waals surface area contributed by atoms with Crippen molar-refractivity contribution in [1.82, 2.24) is 5.32 Å². The van der Waals surface area contributed by atoms with Gasteiger partial charge < -0.3 is 15.2 Å². The van der Waals surface area contributed by atoms with Crippen LogP contribution in [0.25, 0.3) is 6.08 Å². The van der Waals surface area contributed by atoms with Gasteiger partial charge in [-0.15, -0.1) is 0 Å². The van der Waals surface area contributed by atoms with Crippen molar-refractivity contribution in [2.45, 2.75) is 6.92 Å². The van der Waals surface area contributed by atoms with Gasteiger partial charge >= 0.3 is 0 Å². The number of amides is 1. The smallest absolute Gasteiger partial charge is 0.264 e. The molecule has 0 unspecified atom stereocenters. The Morgan fingerprint density at radius 2 is 2.08 bits per heavy atom. The molecule has 1 amide bonds. The lowest BCUT2D eigenvalue weighted by Gasteiger charge is -2.08. The Morgan fingerprint density at radius 3 is 2.77 bits per heavy atom. The molecule has 0 saturated carbocycles. The van der Waals surface area contributed by atoms with Crippen LogP contribution in [-0.2, 0) is 4.79 Å². The second-order valence-corrected chi connectivity index (χ2v) is 7.59. The van der Waals surface area contributed by atoms with E-state index in [-0.39, 0.29) is 22.4 Å². The van der Waals surface area contributed by atoms with Crippen molar-refractivity contribution in [2.75, 3.05) is 6.61 Å². The molecule has 0 spiro atoms. The number of aromatic hydroxyl groups is 1. The number of nitrogens with zero attached hydrogens (tertiary/aromatic N) is 1. The molecule has 0 atom stereocenters. The number of amidine groups is 1. The van der Waals surface area contributed by atoms with Crippen molar-refractivity contribution >= 4 is 62.1 Å². The van der Waals surface area contributed by atoms with Crippen LogP contribution < -0.4 is 10.1 Å². The van der Waals surface area contributed by atoms with E-state index in [0.717, 1.165) is 10.2 Å². The first-order valence-electron chi connectivity index (χ1n) is 7.66. The molecule has 3 rings (SSSR count). The van der Waals surface area contributed by atoms with Gasteiger partial charge in [-0.25, -0.2) is 4.99 Å². The molecule has 1 saturated heterocycles. The fourth-order valence-corrected chi connectivity index (χ4v) is 3.53. The number of benzene rings is 2. The first-order valence-corrected chi connectivity index (χ1v) is 9.65. The molecule has 1 heterocycles. The van der Waals surface area contributed by atoms with Crippen LogP contribution in [0.15, 0.2) is 50.8 Å². The fraction of sp³-hybridized carbons (Fsp3) is 0.111. The third kappa shape index (κ3) is 4.41. The summed E-state index contributed by atoms with van der Waals surface area (Å²) < 4.78 is 6.32. The number of hydrogen-bond acceptors (Lipinski definition) is 5. The van der Waals surface area contributed by atoms with Crippen LogP contribution in [0.3, 0.4) is 0 Å². The zero-order chi connectivity index (χ0) is 18.7. The minimum atomic E-state index is -0.243. The van der Waals surface area contributed by atoms with Gasteiger partial charge in [0.2, 0.25) is 0 Å². The average molecular weight is 454 g/mol. The summed E-state index contributed by atoms with van der Waals surface area (Å²) in [5, 5.41) is 13.3. The van der Waals surface area contributed by atoms with Gasteiger partial charge in [0.1, 0.15) is 0 Å². The van der Waals surface area contributed by atoms with Gasteiger partial charge in [-0.05, 0) is 66.7 Å². The Hall–Kier alpha value is -1.96. The summed E-state index contributed by atoms with van der Waals surface area (Å²) >= 11 is 10.6. The fourth-order valence-electron chi connectivity index (χ4n) is 2.21. The van der Waals surface area contributed by atoms with Gasteiger partial charge in [0, 0.05) is 4.47 Å². The number of halogens is 2. The van der Waals surface area contributed by atoms with Gasteiger partial charge in [-0.3, -0.25) is 4.79 Å². The van der Waals surface area contributed by atoms with Crippen molar-refractivity contribution in [3.63, 3.8) is 0 Å². The Balaban J connectivity index is 1.86. The maximum atomic E-state index is 12.2. The molecule has 0 radical (unpaired) electrons. The van der Waals surface area contributed by atoms with Crippen molar-refractivity contribution < 1.29 is 14.6 Å². The normalized spacial score (nSPS) is 17.0. The summed E-state index contributed by atoms with van der Waals surface area (Å²) in [6.07, 6.45) is 1.68. The molecule has 5 nitrogen and oxygen atoms in total. The van der Waals surface area contributed by atoms with Gasteiger partial charge in [0.15, 0.2) is 16.7 Å². The van der Waals surface area contributed by atoms with E-state index in [9.17, 15) is 9.90 Å². The number of aliphatic imine (C=N–C) groups is 1. The summed E-state index contributed by atoms with van der Waals surface area (Å²) in [7, 11) is 0. The molecule has 2 N–H and O–H groups in total. The summed E-state index contributed by atoms with van der Waals surface area (Å²) in [6.45, 7) is 2.20. The van der Waals surface area contributed by atoms with E-state index in [1.807, 2.05) is 31.2 Å². The van der Waals surface area contributed by atoms with E-state index >= 15 is 0 Å². The molecule has 0 aliphatic carbocycles. The van der Waals surface area contributed by atoms with Crippen molar-refractivity contribution in [1.29, 1.82) is 0 Å². The van der Waals surface area contributed by atoms with E-state index in [2.05, 4.69) is 26.2 Å². The molecule has 1 fully saturated rings. The van der Waals surface area contributed by atoms with Crippen molar-refractivity contribution in [2.24, 2.45) is 4.99 Å². The highest BCUT2D eigenvalue weighted by Gasteiger charge is 2.24.